The SMILES string of the molecule is Cc1ccc(Cn2cc3cc(B4OC(C)(C)C(C)(C)O4)ccc3n2)cc1. The van der Waals surface area contributed by atoms with Crippen LogP contribution in [-0.2, 0) is 15.9 Å². The fourth-order valence-electron chi connectivity index (χ4n) is 3.18. The summed E-state index contributed by atoms with van der Waals surface area (Å²) in [6, 6.07) is 14.8. The van der Waals surface area contributed by atoms with Crippen molar-refractivity contribution in [2.24, 2.45) is 0 Å². The number of nitrogens with zero attached hydrogens (tertiary/aromatic N) is 2. The minimum absolute atomic E-state index is 0.331. The van der Waals surface area contributed by atoms with Crippen LogP contribution in [0.2, 0.25) is 0 Å². The van der Waals surface area contributed by atoms with Crippen LogP contribution in [0.4, 0.5) is 0 Å². The lowest BCUT2D eigenvalue weighted by molar-refractivity contribution is 0.00578. The molecule has 134 valence electrons. The van der Waals surface area contributed by atoms with E-state index in [9.17, 15) is 0 Å². The number of aromatic nitrogens is 2. The molecule has 2 heterocycles. The van der Waals surface area contributed by atoms with Gasteiger partial charge in [0.25, 0.3) is 0 Å². The van der Waals surface area contributed by atoms with E-state index in [1.54, 1.807) is 0 Å². The number of hydrogen-bond donors (Lipinski definition) is 0. The van der Waals surface area contributed by atoms with E-state index in [1.807, 2.05) is 16.8 Å². The Morgan fingerprint density at radius 1 is 0.962 bits per heavy atom. The van der Waals surface area contributed by atoms with Crippen LogP contribution in [-0.4, -0.2) is 28.1 Å². The van der Waals surface area contributed by atoms with Gasteiger partial charge in [-0.25, -0.2) is 0 Å². The van der Waals surface area contributed by atoms with Gasteiger partial charge >= 0.3 is 7.12 Å². The highest BCUT2D eigenvalue weighted by atomic mass is 16.7. The minimum atomic E-state index is -0.343. The van der Waals surface area contributed by atoms with Crippen LogP contribution in [0.3, 0.4) is 0 Å². The summed E-state index contributed by atoms with van der Waals surface area (Å²) in [7, 11) is -0.343. The Morgan fingerprint density at radius 3 is 2.27 bits per heavy atom. The monoisotopic (exact) mass is 348 g/mol. The van der Waals surface area contributed by atoms with E-state index in [0.29, 0.717) is 0 Å². The van der Waals surface area contributed by atoms with Gasteiger partial charge in [-0.15, -0.1) is 0 Å². The van der Waals surface area contributed by atoms with Gasteiger partial charge in [-0.05, 0) is 51.7 Å². The first-order chi connectivity index (χ1) is 12.2. The molecule has 4 rings (SSSR count). The van der Waals surface area contributed by atoms with Crippen molar-refractivity contribution in [3.63, 3.8) is 0 Å². The summed E-state index contributed by atoms with van der Waals surface area (Å²) in [5.74, 6) is 0. The van der Waals surface area contributed by atoms with Crippen LogP contribution in [0.25, 0.3) is 10.9 Å². The molecule has 0 unspecified atom stereocenters. The zero-order valence-electron chi connectivity index (χ0n) is 16.1. The summed E-state index contributed by atoms with van der Waals surface area (Å²) < 4.78 is 14.3. The quantitative estimate of drug-likeness (QED) is 0.678. The zero-order chi connectivity index (χ0) is 18.5. The van der Waals surface area contributed by atoms with Crippen molar-refractivity contribution in [3.05, 3.63) is 59.8 Å². The maximum atomic E-state index is 6.16. The number of hydrogen-bond acceptors (Lipinski definition) is 3. The first kappa shape index (κ1) is 17.3. The van der Waals surface area contributed by atoms with Crippen molar-refractivity contribution in [1.82, 2.24) is 9.78 Å². The molecule has 4 nitrogen and oxygen atoms in total. The van der Waals surface area contributed by atoms with Crippen LogP contribution in [0.1, 0.15) is 38.8 Å². The molecule has 2 aromatic carbocycles. The molecule has 1 aliphatic heterocycles. The van der Waals surface area contributed by atoms with Crippen molar-refractivity contribution in [3.8, 4) is 0 Å². The van der Waals surface area contributed by atoms with E-state index in [0.717, 1.165) is 22.9 Å². The molecule has 1 aliphatic rings. The number of aryl methyl sites for hydroxylation is 1. The van der Waals surface area contributed by atoms with E-state index < -0.39 is 0 Å². The van der Waals surface area contributed by atoms with E-state index in [2.05, 4.69) is 71.1 Å². The number of benzene rings is 2. The second kappa shape index (κ2) is 5.97. The summed E-state index contributed by atoms with van der Waals surface area (Å²) in [6.45, 7) is 11.2. The topological polar surface area (TPSA) is 36.3 Å². The van der Waals surface area contributed by atoms with Gasteiger partial charge in [0.1, 0.15) is 0 Å². The van der Waals surface area contributed by atoms with Gasteiger partial charge in [0, 0.05) is 11.6 Å². The minimum Gasteiger partial charge on any atom is -0.399 e. The molecule has 0 amide bonds. The fourth-order valence-corrected chi connectivity index (χ4v) is 3.18. The summed E-state index contributed by atoms with van der Waals surface area (Å²) in [5.41, 5.74) is 3.87. The maximum Gasteiger partial charge on any atom is 0.494 e. The molecule has 1 fully saturated rings. The molecule has 0 spiro atoms. The Bertz CT molecular complexity index is 928. The van der Waals surface area contributed by atoms with Gasteiger partial charge in [-0.3, -0.25) is 4.68 Å². The molecule has 5 heteroatoms. The highest BCUT2D eigenvalue weighted by molar-refractivity contribution is 6.62. The summed E-state index contributed by atoms with van der Waals surface area (Å²) in [4.78, 5) is 0. The van der Waals surface area contributed by atoms with E-state index in [-0.39, 0.29) is 18.3 Å². The van der Waals surface area contributed by atoms with Gasteiger partial charge < -0.3 is 9.31 Å². The fraction of sp³-hybridized carbons (Fsp3) is 0.381. The molecule has 0 bridgehead atoms. The second-order valence-electron chi connectivity index (χ2n) is 8.22. The van der Waals surface area contributed by atoms with Crippen molar-refractivity contribution in [2.75, 3.05) is 0 Å². The third-order valence-corrected chi connectivity index (χ3v) is 5.57. The lowest BCUT2D eigenvalue weighted by Crippen LogP contribution is -2.41. The smallest absolute Gasteiger partial charge is 0.399 e. The Balaban J connectivity index is 1.59. The molecule has 1 saturated heterocycles. The predicted octanol–water partition coefficient (Wildman–Crippen LogP) is 3.69. The van der Waals surface area contributed by atoms with Gasteiger partial charge in [0.15, 0.2) is 0 Å². The largest absolute Gasteiger partial charge is 0.494 e. The highest BCUT2D eigenvalue weighted by Crippen LogP contribution is 2.36. The number of fused-ring (bicyclic) bond motifs is 1. The second-order valence-corrected chi connectivity index (χ2v) is 8.22. The van der Waals surface area contributed by atoms with Gasteiger partial charge in [0.2, 0.25) is 0 Å². The standard InChI is InChI=1S/C21H25BN2O2/c1-15-6-8-16(9-7-15)13-24-14-17-12-18(10-11-19(17)23-24)22-25-20(2,3)21(4,5)26-22/h6-12,14H,13H2,1-5H3. The Labute approximate surface area is 155 Å². The molecule has 0 N–H and O–H groups in total. The van der Waals surface area contributed by atoms with Crippen LogP contribution in [0.5, 0.6) is 0 Å². The third-order valence-electron chi connectivity index (χ3n) is 5.57. The molecule has 3 aromatic rings. The molecule has 26 heavy (non-hydrogen) atoms. The van der Waals surface area contributed by atoms with Crippen LogP contribution < -0.4 is 5.46 Å². The zero-order valence-corrected chi connectivity index (χ0v) is 16.1. The molecular weight excluding hydrogens is 323 g/mol. The van der Waals surface area contributed by atoms with E-state index in [1.165, 1.54) is 11.1 Å². The summed E-state index contributed by atoms with van der Waals surface area (Å²) in [5, 5.41) is 5.79. The van der Waals surface area contributed by atoms with Gasteiger partial charge in [-0.1, -0.05) is 42.0 Å². The molecule has 0 aliphatic carbocycles. The summed E-state index contributed by atoms with van der Waals surface area (Å²) in [6.07, 6.45) is 2.09. The molecule has 1 aromatic heterocycles. The van der Waals surface area contributed by atoms with Crippen molar-refractivity contribution in [1.29, 1.82) is 0 Å². The third kappa shape index (κ3) is 3.06. The van der Waals surface area contributed by atoms with E-state index >= 15 is 0 Å². The van der Waals surface area contributed by atoms with Crippen LogP contribution >= 0.6 is 0 Å². The van der Waals surface area contributed by atoms with Gasteiger partial charge in [-0.2, -0.15) is 5.10 Å². The molecule has 0 atom stereocenters. The predicted molar refractivity (Wildman–Crippen MR) is 106 cm³/mol. The average Bonchev–Trinajstić information content (AvgIpc) is 3.06. The summed E-state index contributed by atoms with van der Waals surface area (Å²) >= 11 is 0. The molecule has 0 saturated carbocycles. The lowest BCUT2D eigenvalue weighted by atomic mass is 9.79. The molecule has 0 radical (unpaired) electrons. The first-order valence-electron chi connectivity index (χ1n) is 9.12. The van der Waals surface area contributed by atoms with Crippen molar-refractivity contribution in [2.45, 2.75) is 52.4 Å². The number of rotatable bonds is 3. The van der Waals surface area contributed by atoms with Crippen molar-refractivity contribution >= 4 is 23.5 Å². The van der Waals surface area contributed by atoms with Crippen molar-refractivity contribution < 1.29 is 9.31 Å². The Morgan fingerprint density at radius 2 is 1.62 bits per heavy atom. The average molecular weight is 348 g/mol. The van der Waals surface area contributed by atoms with E-state index in [4.69, 9.17) is 14.4 Å². The lowest BCUT2D eigenvalue weighted by Gasteiger charge is -2.32. The highest BCUT2D eigenvalue weighted by Gasteiger charge is 2.51. The Hall–Kier alpha value is -2.11. The normalized spacial score (nSPS) is 18.6. The molecular formula is C21H25BN2O2. The maximum absolute atomic E-state index is 6.16. The van der Waals surface area contributed by atoms with Crippen LogP contribution in [0.15, 0.2) is 48.7 Å². The van der Waals surface area contributed by atoms with Crippen LogP contribution in [0, 0.1) is 6.92 Å². The van der Waals surface area contributed by atoms with Gasteiger partial charge in [0.05, 0.1) is 23.3 Å². The first-order valence-corrected chi connectivity index (χ1v) is 9.12. The Kier molecular flexibility index (Phi) is 3.97.